The molecule has 0 radical (unpaired) electrons. The lowest BCUT2D eigenvalue weighted by Crippen LogP contribution is -2.31. The molecule has 0 aliphatic heterocycles. The van der Waals surface area contributed by atoms with E-state index in [1.165, 1.54) is 34.2 Å². The molecule has 1 atom stereocenters. The highest BCUT2D eigenvalue weighted by Crippen LogP contribution is 2.39. The average molecular weight is 488 g/mol. The first kappa shape index (κ1) is 24.4. The lowest BCUT2D eigenvalue weighted by Gasteiger charge is -2.16. The zero-order valence-corrected chi connectivity index (χ0v) is 20.1. The number of rotatable bonds is 6. The molecule has 8 heteroatoms. The van der Waals surface area contributed by atoms with E-state index < -0.39 is 0 Å². The van der Waals surface area contributed by atoms with Crippen LogP contribution in [-0.4, -0.2) is 27.5 Å². The molecule has 0 fully saturated rings. The molecule has 32 heavy (non-hydrogen) atoms. The molecule has 1 aliphatic rings. The van der Waals surface area contributed by atoms with E-state index >= 15 is 0 Å². The van der Waals surface area contributed by atoms with Gasteiger partial charge in [0.25, 0.3) is 0 Å². The van der Waals surface area contributed by atoms with E-state index in [0.29, 0.717) is 6.54 Å². The second-order valence-electron chi connectivity index (χ2n) is 7.85. The second kappa shape index (κ2) is 11.1. The smallest absolute Gasteiger partial charge is 0.163 e. The molecule has 168 valence electrons. The minimum atomic E-state index is 0. The Kier molecular flexibility index (Phi) is 8.43. The molecule has 0 saturated carbocycles. The van der Waals surface area contributed by atoms with Gasteiger partial charge in [0, 0.05) is 35.4 Å². The number of fused-ring (bicyclic) bond motifs is 3. The Balaban J connectivity index is 0.00000144. The van der Waals surface area contributed by atoms with E-state index in [9.17, 15) is 0 Å². The predicted molar refractivity (Wildman–Crippen MR) is 138 cm³/mol. The maximum Gasteiger partial charge on any atom is 0.163 e. The van der Waals surface area contributed by atoms with Crippen molar-refractivity contribution >= 4 is 52.2 Å². The molecule has 3 heterocycles. The van der Waals surface area contributed by atoms with Gasteiger partial charge in [-0.3, -0.25) is 4.98 Å². The van der Waals surface area contributed by atoms with Gasteiger partial charge in [0.15, 0.2) is 5.82 Å². The molecule has 0 spiro atoms. The van der Waals surface area contributed by atoms with Gasteiger partial charge in [0.05, 0.1) is 5.39 Å². The molecular weight excluding hydrogens is 461 g/mol. The minimum Gasteiger partial charge on any atom is -0.368 e. The van der Waals surface area contributed by atoms with Gasteiger partial charge >= 0.3 is 0 Å². The van der Waals surface area contributed by atoms with Crippen LogP contribution in [0.4, 0.5) is 5.82 Å². The first-order valence-electron chi connectivity index (χ1n) is 10.5. The summed E-state index contributed by atoms with van der Waals surface area (Å²) in [5.74, 6) is 1.65. The van der Waals surface area contributed by atoms with Crippen LogP contribution in [0.5, 0.6) is 0 Å². The number of nitrogens with one attached hydrogen (secondary N) is 1. The zero-order chi connectivity index (χ0) is 20.3. The van der Waals surface area contributed by atoms with Gasteiger partial charge in [0.1, 0.15) is 10.6 Å². The van der Waals surface area contributed by atoms with Crippen LogP contribution in [0.3, 0.4) is 0 Å². The molecule has 5 rings (SSSR count). The van der Waals surface area contributed by atoms with Gasteiger partial charge in [-0.25, -0.2) is 9.97 Å². The SMILES string of the molecule is Cl.Cl.NC(CNc1nc(-c2ccncc2)nc2sc3c(c12)CCCC3)Cc1ccccc1. The van der Waals surface area contributed by atoms with Crippen molar-refractivity contribution in [2.45, 2.75) is 38.1 Å². The minimum absolute atomic E-state index is 0. The molecule has 1 unspecified atom stereocenters. The number of nitrogens with zero attached hydrogens (tertiary/aromatic N) is 3. The normalized spacial score (nSPS) is 13.5. The van der Waals surface area contributed by atoms with Crippen LogP contribution in [0.15, 0.2) is 54.9 Å². The number of benzene rings is 1. The summed E-state index contributed by atoms with van der Waals surface area (Å²) < 4.78 is 0. The lowest BCUT2D eigenvalue weighted by atomic mass is 9.97. The van der Waals surface area contributed by atoms with Crippen molar-refractivity contribution in [3.63, 3.8) is 0 Å². The first-order valence-corrected chi connectivity index (χ1v) is 11.4. The van der Waals surface area contributed by atoms with Crippen LogP contribution >= 0.6 is 36.2 Å². The van der Waals surface area contributed by atoms with Crippen molar-refractivity contribution in [2.24, 2.45) is 5.73 Å². The van der Waals surface area contributed by atoms with Crippen molar-refractivity contribution < 1.29 is 0 Å². The van der Waals surface area contributed by atoms with Crippen LogP contribution in [0.25, 0.3) is 21.6 Å². The Morgan fingerprint density at radius 1 is 0.969 bits per heavy atom. The highest BCUT2D eigenvalue weighted by atomic mass is 35.5. The van der Waals surface area contributed by atoms with E-state index in [4.69, 9.17) is 15.7 Å². The molecule has 3 aromatic heterocycles. The van der Waals surface area contributed by atoms with E-state index in [1.54, 1.807) is 12.4 Å². The average Bonchev–Trinajstić information content (AvgIpc) is 3.17. The van der Waals surface area contributed by atoms with Crippen molar-refractivity contribution in [2.75, 3.05) is 11.9 Å². The number of thiophene rings is 1. The Morgan fingerprint density at radius 2 is 1.72 bits per heavy atom. The number of halogens is 2. The molecular formula is C24H27Cl2N5S. The summed E-state index contributed by atoms with van der Waals surface area (Å²) >= 11 is 1.82. The molecule has 5 nitrogen and oxygen atoms in total. The number of nitrogens with two attached hydrogens (primary N) is 1. The Bertz CT molecular complexity index is 1150. The maximum atomic E-state index is 6.45. The van der Waals surface area contributed by atoms with Gasteiger partial charge in [-0.1, -0.05) is 30.3 Å². The number of hydrogen-bond donors (Lipinski definition) is 2. The van der Waals surface area contributed by atoms with Crippen LogP contribution in [0.2, 0.25) is 0 Å². The van der Waals surface area contributed by atoms with E-state index in [-0.39, 0.29) is 30.9 Å². The highest BCUT2D eigenvalue weighted by molar-refractivity contribution is 7.19. The largest absolute Gasteiger partial charge is 0.368 e. The topological polar surface area (TPSA) is 76.7 Å². The summed E-state index contributed by atoms with van der Waals surface area (Å²) in [6.07, 6.45) is 9.15. The molecule has 4 aromatic rings. The molecule has 1 aromatic carbocycles. The quantitative estimate of drug-likeness (QED) is 0.377. The number of aromatic nitrogens is 3. The molecule has 0 saturated heterocycles. The third kappa shape index (κ3) is 5.21. The van der Waals surface area contributed by atoms with Gasteiger partial charge in [-0.15, -0.1) is 36.2 Å². The number of hydrogen-bond acceptors (Lipinski definition) is 6. The Labute approximate surface area is 204 Å². The Hall–Kier alpha value is -2.25. The van der Waals surface area contributed by atoms with Crippen LogP contribution in [0.1, 0.15) is 28.8 Å². The molecule has 0 amide bonds. The highest BCUT2D eigenvalue weighted by Gasteiger charge is 2.21. The summed E-state index contributed by atoms with van der Waals surface area (Å²) in [6.45, 7) is 0.668. The molecule has 1 aliphatic carbocycles. The van der Waals surface area contributed by atoms with E-state index in [1.807, 2.05) is 29.5 Å². The van der Waals surface area contributed by atoms with E-state index in [2.05, 4.69) is 34.6 Å². The third-order valence-corrected chi connectivity index (χ3v) is 6.81. The first-order chi connectivity index (χ1) is 14.8. The van der Waals surface area contributed by atoms with Crippen molar-refractivity contribution in [1.82, 2.24) is 15.0 Å². The van der Waals surface area contributed by atoms with Crippen molar-refractivity contribution in [3.8, 4) is 11.4 Å². The lowest BCUT2D eigenvalue weighted by molar-refractivity contribution is 0.695. The maximum absolute atomic E-state index is 6.45. The monoisotopic (exact) mass is 487 g/mol. The van der Waals surface area contributed by atoms with Gasteiger partial charge in [0.2, 0.25) is 0 Å². The summed E-state index contributed by atoms with van der Waals surface area (Å²) in [4.78, 5) is 16.5. The second-order valence-corrected chi connectivity index (χ2v) is 8.94. The van der Waals surface area contributed by atoms with Crippen molar-refractivity contribution in [3.05, 3.63) is 70.9 Å². The number of pyridine rings is 1. The summed E-state index contributed by atoms with van der Waals surface area (Å²) in [6, 6.07) is 14.3. The van der Waals surface area contributed by atoms with Gasteiger partial charge in [-0.05, 0) is 55.4 Å². The van der Waals surface area contributed by atoms with E-state index in [0.717, 1.165) is 41.3 Å². The summed E-state index contributed by atoms with van der Waals surface area (Å²) in [5, 5.41) is 4.76. The number of anilines is 1. The van der Waals surface area contributed by atoms with Crippen LogP contribution < -0.4 is 11.1 Å². The third-order valence-electron chi connectivity index (χ3n) is 5.63. The number of aryl methyl sites for hydroxylation is 2. The van der Waals surface area contributed by atoms with Crippen LogP contribution in [0, 0.1) is 0 Å². The molecule has 0 bridgehead atoms. The predicted octanol–water partition coefficient (Wildman–Crippen LogP) is 5.46. The molecule has 3 N–H and O–H groups in total. The van der Waals surface area contributed by atoms with Crippen molar-refractivity contribution in [1.29, 1.82) is 0 Å². The fraction of sp³-hybridized carbons (Fsp3) is 0.292. The fourth-order valence-corrected chi connectivity index (χ4v) is 5.39. The van der Waals surface area contributed by atoms with Gasteiger partial charge in [-0.2, -0.15) is 0 Å². The summed E-state index contributed by atoms with van der Waals surface area (Å²) in [7, 11) is 0. The fourth-order valence-electron chi connectivity index (χ4n) is 4.13. The van der Waals surface area contributed by atoms with Gasteiger partial charge < -0.3 is 11.1 Å². The van der Waals surface area contributed by atoms with Crippen LogP contribution in [-0.2, 0) is 19.3 Å². The standard InChI is InChI=1S/C24H25N5S.2ClH/c25-18(14-16-6-2-1-3-7-16)15-27-23-21-19-8-4-5-9-20(19)30-24(21)29-22(28-23)17-10-12-26-13-11-17;;/h1-3,6-7,10-13,18H,4-5,8-9,14-15,25H2,(H,27,28,29);2*1H. The summed E-state index contributed by atoms with van der Waals surface area (Å²) in [5.41, 5.74) is 10.1. The zero-order valence-electron chi connectivity index (χ0n) is 17.7. The Morgan fingerprint density at radius 3 is 2.50 bits per heavy atom.